The molecule has 0 atom stereocenters. The van der Waals surface area contributed by atoms with Crippen LogP contribution in [0.5, 0.6) is 0 Å². The molecule has 1 aromatic carbocycles. The van der Waals surface area contributed by atoms with E-state index in [4.69, 9.17) is 5.11 Å². The summed E-state index contributed by atoms with van der Waals surface area (Å²) in [5.74, 6) is -0.0203. The number of likely N-dealkylation sites (N-methyl/N-ethyl adjacent to an activating group) is 1. The molecule has 6 heteroatoms. The van der Waals surface area contributed by atoms with Gasteiger partial charge in [0.1, 0.15) is 6.61 Å². The fourth-order valence-corrected chi connectivity index (χ4v) is 2.32. The number of carbonyl (C=O) groups excluding carboxylic acids is 2. The van der Waals surface area contributed by atoms with Crippen molar-refractivity contribution in [1.82, 2.24) is 0 Å². The molecule has 0 bridgehead atoms. The van der Waals surface area contributed by atoms with Crippen molar-refractivity contribution in [2.45, 2.75) is 4.90 Å². The monoisotopic (exact) mass is 252 g/mol. The molecule has 1 aliphatic rings. The number of nitrogens with one attached hydrogen (secondary N) is 1. The maximum atomic E-state index is 11.3. The van der Waals surface area contributed by atoms with Gasteiger partial charge in [-0.2, -0.15) is 0 Å². The number of fused-ring (bicyclic) bond motifs is 1. The summed E-state index contributed by atoms with van der Waals surface area (Å²) in [7, 11) is 1.58. The molecule has 0 saturated heterocycles. The zero-order valence-electron chi connectivity index (χ0n) is 9.27. The third-order valence-corrected chi connectivity index (χ3v) is 3.57. The molecule has 0 saturated carbocycles. The number of anilines is 2. The van der Waals surface area contributed by atoms with Crippen molar-refractivity contribution in [2.24, 2.45) is 0 Å². The molecule has 0 aliphatic carbocycles. The second kappa shape index (κ2) is 4.77. The lowest BCUT2D eigenvalue weighted by Gasteiger charge is -2.21. The van der Waals surface area contributed by atoms with E-state index in [9.17, 15) is 9.59 Å². The first kappa shape index (κ1) is 11.9. The fraction of sp³-hybridized carbons (Fsp3) is 0.273. The summed E-state index contributed by atoms with van der Waals surface area (Å²) < 4.78 is 0. The van der Waals surface area contributed by atoms with E-state index in [1.54, 1.807) is 19.2 Å². The number of amides is 2. The number of carbonyl (C=O) groups is 2. The molecular formula is C11H12N2O3S. The fourth-order valence-electron chi connectivity index (χ4n) is 1.53. The first-order chi connectivity index (χ1) is 8.11. The van der Waals surface area contributed by atoms with Gasteiger partial charge in [-0.1, -0.05) is 0 Å². The van der Waals surface area contributed by atoms with Gasteiger partial charge in [-0.25, -0.2) is 0 Å². The highest BCUT2D eigenvalue weighted by atomic mass is 32.2. The van der Waals surface area contributed by atoms with Crippen molar-refractivity contribution in [1.29, 1.82) is 0 Å². The molecular weight excluding hydrogens is 240 g/mol. The number of hydrogen-bond donors (Lipinski definition) is 2. The number of hydrogen-bond acceptors (Lipinski definition) is 4. The average Bonchev–Trinajstić information content (AvgIpc) is 2.36. The molecule has 17 heavy (non-hydrogen) atoms. The molecule has 2 amide bonds. The molecule has 2 N–H and O–H groups in total. The molecule has 1 heterocycles. The number of thioether (sulfide) groups is 1. The van der Waals surface area contributed by atoms with Gasteiger partial charge in [0, 0.05) is 17.6 Å². The minimum Gasteiger partial charge on any atom is -0.387 e. The van der Waals surface area contributed by atoms with E-state index in [1.807, 2.05) is 6.07 Å². The van der Waals surface area contributed by atoms with Crippen LogP contribution in [0.2, 0.25) is 0 Å². The van der Waals surface area contributed by atoms with Gasteiger partial charge in [0.05, 0.1) is 11.4 Å². The summed E-state index contributed by atoms with van der Waals surface area (Å²) in [6.45, 7) is -0.533. The quantitative estimate of drug-likeness (QED) is 0.812. The van der Waals surface area contributed by atoms with E-state index < -0.39 is 6.61 Å². The highest BCUT2D eigenvalue weighted by Crippen LogP contribution is 2.34. The van der Waals surface area contributed by atoms with Crippen LogP contribution in [0.15, 0.2) is 23.1 Å². The van der Waals surface area contributed by atoms with Gasteiger partial charge in [-0.05, 0) is 18.2 Å². The smallest absolute Gasteiger partial charge is 0.252 e. The van der Waals surface area contributed by atoms with Gasteiger partial charge in [-0.15, -0.1) is 11.8 Å². The molecule has 0 radical (unpaired) electrons. The van der Waals surface area contributed by atoms with E-state index in [-0.39, 0.29) is 11.8 Å². The Hall–Kier alpha value is -1.53. The Balaban J connectivity index is 2.29. The second-order valence-electron chi connectivity index (χ2n) is 3.63. The summed E-state index contributed by atoms with van der Waals surface area (Å²) in [5.41, 5.74) is 1.35. The minimum atomic E-state index is -0.533. The van der Waals surface area contributed by atoms with Crippen LogP contribution in [-0.2, 0) is 9.59 Å². The van der Waals surface area contributed by atoms with E-state index in [0.717, 1.165) is 4.90 Å². The first-order valence-electron chi connectivity index (χ1n) is 5.06. The van der Waals surface area contributed by atoms with Crippen molar-refractivity contribution >= 4 is 35.0 Å². The lowest BCUT2D eigenvalue weighted by atomic mass is 10.2. The van der Waals surface area contributed by atoms with E-state index in [0.29, 0.717) is 17.1 Å². The third-order valence-electron chi connectivity index (χ3n) is 2.49. The largest absolute Gasteiger partial charge is 0.387 e. The van der Waals surface area contributed by atoms with Gasteiger partial charge >= 0.3 is 0 Å². The predicted molar refractivity (Wildman–Crippen MR) is 66.3 cm³/mol. The molecule has 0 fully saturated rings. The zero-order valence-corrected chi connectivity index (χ0v) is 10.1. The SMILES string of the molecule is CN(C(=O)CO)c1ccc2c(c1)NC(=O)CS2. The summed E-state index contributed by atoms with van der Waals surface area (Å²) in [6.07, 6.45) is 0. The Bertz CT molecular complexity index is 476. The van der Waals surface area contributed by atoms with E-state index >= 15 is 0 Å². The highest BCUT2D eigenvalue weighted by molar-refractivity contribution is 8.00. The first-order valence-corrected chi connectivity index (χ1v) is 6.04. The summed E-state index contributed by atoms with van der Waals surface area (Å²) in [6, 6.07) is 5.37. The number of rotatable bonds is 2. The number of nitrogens with zero attached hydrogens (tertiary/aromatic N) is 1. The topological polar surface area (TPSA) is 69.6 Å². The standard InChI is InChI=1S/C11H12N2O3S/c1-13(11(16)5-14)7-2-3-9-8(4-7)12-10(15)6-17-9/h2-4,14H,5-6H2,1H3,(H,12,15). The summed E-state index contributed by atoms with van der Waals surface area (Å²) in [4.78, 5) is 24.9. The van der Waals surface area contributed by atoms with Gasteiger partial charge in [0.2, 0.25) is 5.91 Å². The average molecular weight is 252 g/mol. The van der Waals surface area contributed by atoms with Crippen molar-refractivity contribution in [3.63, 3.8) is 0 Å². The van der Waals surface area contributed by atoms with Crippen LogP contribution in [-0.4, -0.2) is 36.3 Å². The Morgan fingerprint density at radius 2 is 2.35 bits per heavy atom. The third kappa shape index (κ3) is 2.42. The normalized spacial score (nSPS) is 13.9. The number of aliphatic hydroxyl groups is 1. The predicted octanol–water partition coefficient (Wildman–Crippen LogP) is 0.686. The zero-order chi connectivity index (χ0) is 12.4. The van der Waals surface area contributed by atoms with Gasteiger partial charge in [0.15, 0.2) is 0 Å². The van der Waals surface area contributed by atoms with Crippen LogP contribution >= 0.6 is 11.8 Å². The van der Waals surface area contributed by atoms with Crippen LogP contribution in [0.1, 0.15) is 0 Å². The molecule has 90 valence electrons. The van der Waals surface area contributed by atoms with Gasteiger partial charge in [0.25, 0.3) is 5.91 Å². The van der Waals surface area contributed by atoms with Crippen molar-refractivity contribution in [3.8, 4) is 0 Å². The van der Waals surface area contributed by atoms with E-state index in [1.165, 1.54) is 16.7 Å². The molecule has 2 rings (SSSR count). The highest BCUT2D eigenvalue weighted by Gasteiger charge is 2.17. The molecule has 1 aliphatic heterocycles. The Morgan fingerprint density at radius 3 is 3.06 bits per heavy atom. The second-order valence-corrected chi connectivity index (χ2v) is 4.65. The Kier molecular flexibility index (Phi) is 3.35. The lowest BCUT2D eigenvalue weighted by molar-refractivity contribution is -0.121. The molecule has 1 aromatic rings. The number of aliphatic hydroxyl groups excluding tert-OH is 1. The van der Waals surface area contributed by atoms with Crippen molar-refractivity contribution in [3.05, 3.63) is 18.2 Å². The Labute approximate surface area is 103 Å². The maximum Gasteiger partial charge on any atom is 0.252 e. The van der Waals surface area contributed by atoms with Gasteiger partial charge < -0.3 is 15.3 Å². The molecule has 0 aromatic heterocycles. The van der Waals surface area contributed by atoms with Gasteiger partial charge in [-0.3, -0.25) is 9.59 Å². The van der Waals surface area contributed by atoms with Crippen LogP contribution in [0, 0.1) is 0 Å². The van der Waals surface area contributed by atoms with Crippen LogP contribution < -0.4 is 10.2 Å². The lowest BCUT2D eigenvalue weighted by Crippen LogP contribution is -2.29. The van der Waals surface area contributed by atoms with Crippen LogP contribution in [0.3, 0.4) is 0 Å². The molecule has 5 nitrogen and oxygen atoms in total. The van der Waals surface area contributed by atoms with Crippen molar-refractivity contribution in [2.75, 3.05) is 29.6 Å². The summed E-state index contributed by atoms with van der Waals surface area (Å²) >= 11 is 1.47. The maximum absolute atomic E-state index is 11.3. The number of benzene rings is 1. The minimum absolute atomic E-state index is 0.0456. The van der Waals surface area contributed by atoms with Crippen molar-refractivity contribution < 1.29 is 14.7 Å². The van der Waals surface area contributed by atoms with Crippen LogP contribution in [0.25, 0.3) is 0 Å². The van der Waals surface area contributed by atoms with E-state index in [2.05, 4.69) is 5.32 Å². The van der Waals surface area contributed by atoms with Crippen LogP contribution in [0.4, 0.5) is 11.4 Å². The summed E-state index contributed by atoms with van der Waals surface area (Å²) in [5, 5.41) is 11.5. The molecule has 0 unspecified atom stereocenters. The molecule has 0 spiro atoms. The Morgan fingerprint density at radius 1 is 1.59 bits per heavy atom.